The van der Waals surface area contributed by atoms with E-state index in [0.29, 0.717) is 6.42 Å². The molecule has 1 N–H and O–H groups in total. The molecule has 0 heterocycles. The molecule has 0 rings (SSSR count). The maximum absolute atomic E-state index is 10.3. The fourth-order valence-electron chi connectivity index (χ4n) is 1.91. The van der Waals surface area contributed by atoms with Crippen molar-refractivity contribution in [1.82, 2.24) is 0 Å². The quantitative estimate of drug-likeness (QED) is 0.353. The second-order valence-electron chi connectivity index (χ2n) is 5.02. The Balaban J connectivity index is 3.19. The van der Waals surface area contributed by atoms with Crippen LogP contribution in [0, 0.1) is 0 Å². The average Bonchev–Trinajstić information content (AvgIpc) is 2.39. The number of rotatable bonds is 13. The summed E-state index contributed by atoms with van der Waals surface area (Å²) in [7, 11) is 0. The van der Waals surface area contributed by atoms with E-state index in [0.717, 1.165) is 32.1 Å². The van der Waals surface area contributed by atoms with E-state index >= 15 is 0 Å². The molecule has 0 aliphatic rings. The molecule has 2 heteroatoms. The Morgan fingerprint density at radius 1 is 0.842 bits per heavy atom. The lowest BCUT2D eigenvalue weighted by Crippen LogP contribution is -1.93. The Morgan fingerprint density at radius 3 is 2.00 bits per heavy atom. The minimum atomic E-state index is -0.675. The zero-order valence-electron chi connectivity index (χ0n) is 12.4. The van der Waals surface area contributed by atoms with Crippen LogP contribution in [0.2, 0.25) is 0 Å². The summed E-state index contributed by atoms with van der Waals surface area (Å²) in [6.07, 6.45) is 20.8. The second-order valence-corrected chi connectivity index (χ2v) is 5.02. The molecule has 0 aromatic carbocycles. The Hall–Kier alpha value is -1.05. The summed E-state index contributed by atoms with van der Waals surface area (Å²) in [6.45, 7) is 2.23. The van der Waals surface area contributed by atoms with E-state index < -0.39 is 5.97 Å². The highest BCUT2D eigenvalue weighted by atomic mass is 16.4. The van der Waals surface area contributed by atoms with Crippen LogP contribution in [0.15, 0.2) is 24.3 Å². The van der Waals surface area contributed by atoms with E-state index in [1.165, 1.54) is 32.1 Å². The van der Waals surface area contributed by atoms with Gasteiger partial charge in [-0.2, -0.15) is 0 Å². The summed E-state index contributed by atoms with van der Waals surface area (Å²) in [4.78, 5) is 10.3. The summed E-state index contributed by atoms with van der Waals surface area (Å²) in [5.74, 6) is -0.675. The van der Waals surface area contributed by atoms with Gasteiger partial charge in [0.15, 0.2) is 0 Å². The number of hydrogen-bond acceptors (Lipinski definition) is 1. The van der Waals surface area contributed by atoms with E-state index in [1.54, 1.807) is 0 Å². The van der Waals surface area contributed by atoms with Crippen molar-refractivity contribution in [3.8, 4) is 0 Å². The SMILES string of the molecule is CCCCCC=CCC=CCCCCCCC(=O)O. The van der Waals surface area contributed by atoms with E-state index in [2.05, 4.69) is 31.2 Å². The van der Waals surface area contributed by atoms with Crippen molar-refractivity contribution >= 4 is 5.97 Å². The third kappa shape index (κ3) is 16.9. The van der Waals surface area contributed by atoms with Crippen LogP contribution >= 0.6 is 0 Å². The van der Waals surface area contributed by atoms with Gasteiger partial charge in [0, 0.05) is 6.42 Å². The monoisotopic (exact) mass is 266 g/mol. The number of unbranched alkanes of at least 4 members (excludes halogenated alkanes) is 7. The first-order valence-electron chi connectivity index (χ1n) is 7.79. The molecule has 0 amide bonds. The number of carboxylic acids is 1. The number of carbonyl (C=O) groups is 1. The highest BCUT2D eigenvalue weighted by Crippen LogP contribution is 2.06. The third-order valence-corrected chi connectivity index (χ3v) is 3.09. The summed E-state index contributed by atoms with van der Waals surface area (Å²) in [6, 6.07) is 0. The Bertz CT molecular complexity index is 254. The summed E-state index contributed by atoms with van der Waals surface area (Å²) >= 11 is 0. The standard InChI is InChI=1S/C17H30O2/c1-2-3-4-5-6-7-8-9-10-11-12-13-14-15-16-17(18)19/h6-7,9-10H,2-5,8,11-16H2,1H3,(H,18,19). The van der Waals surface area contributed by atoms with Gasteiger partial charge >= 0.3 is 5.97 Å². The van der Waals surface area contributed by atoms with Crippen molar-refractivity contribution in [3.63, 3.8) is 0 Å². The van der Waals surface area contributed by atoms with E-state index in [4.69, 9.17) is 5.11 Å². The van der Waals surface area contributed by atoms with Gasteiger partial charge in [-0.15, -0.1) is 0 Å². The molecule has 19 heavy (non-hydrogen) atoms. The van der Waals surface area contributed by atoms with E-state index in [1.807, 2.05) is 0 Å². The van der Waals surface area contributed by atoms with Crippen molar-refractivity contribution in [2.75, 3.05) is 0 Å². The van der Waals surface area contributed by atoms with Crippen LogP contribution in [0.5, 0.6) is 0 Å². The number of aliphatic carboxylic acids is 1. The van der Waals surface area contributed by atoms with Crippen LogP contribution in [0.4, 0.5) is 0 Å². The van der Waals surface area contributed by atoms with Crippen LogP contribution in [-0.2, 0) is 4.79 Å². The number of hydrogen-bond donors (Lipinski definition) is 1. The van der Waals surface area contributed by atoms with Crippen molar-refractivity contribution < 1.29 is 9.90 Å². The van der Waals surface area contributed by atoms with Crippen LogP contribution in [0.1, 0.15) is 77.6 Å². The molecule has 110 valence electrons. The highest BCUT2D eigenvalue weighted by molar-refractivity contribution is 5.66. The van der Waals surface area contributed by atoms with E-state index in [-0.39, 0.29) is 0 Å². The summed E-state index contributed by atoms with van der Waals surface area (Å²) in [5, 5.41) is 8.49. The topological polar surface area (TPSA) is 37.3 Å². The van der Waals surface area contributed by atoms with Crippen LogP contribution in [-0.4, -0.2) is 11.1 Å². The Labute approximate surface area is 118 Å². The zero-order chi connectivity index (χ0) is 14.2. The minimum Gasteiger partial charge on any atom is -0.481 e. The van der Waals surface area contributed by atoms with Gasteiger partial charge in [-0.05, 0) is 38.5 Å². The lowest BCUT2D eigenvalue weighted by molar-refractivity contribution is -0.137. The molecular formula is C17H30O2. The average molecular weight is 266 g/mol. The Kier molecular flexibility index (Phi) is 14.2. The van der Waals surface area contributed by atoms with Crippen molar-refractivity contribution in [2.45, 2.75) is 77.6 Å². The molecular weight excluding hydrogens is 236 g/mol. The molecule has 0 aromatic rings. The molecule has 0 atom stereocenters. The Morgan fingerprint density at radius 2 is 1.42 bits per heavy atom. The van der Waals surface area contributed by atoms with Crippen LogP contribution in [0.25, 0.3) is 0 Å². The van der Waals surface area contributed by atoms with Crippen LogP contribution in [0.3, 0.4) is 0 Å². The summed E-state index contributed by atoms with van der Waals surface area (Å²) < 4.78 is 0. The van der Waals surface area contributed by atoms with Gasteiger partial charge in [-0.3, -0.25) is 4.79 Å². The lowest BCUT2D eigenvalue weighted by Gasteiger charge is -1.96. The molecule has 0 fully saturated rings. The smallest absolute Gasteiger partial charge is 0.303 e. The van der Waals surface area contributed by atoms with Crippen LogP contribution < -0.4 is 0 Å². The number of allylic oxidation sites excluding steroid dienone is 4. The molecule has 0 bridgehead atoms. The van der Waals surface area contributed by atoms with Gasteiger partial charge < -0.3 is 5.11 Å². The number of carboxylic acid groups (broad SMARTS) is 1. The third-order valence-electron chi connectivity index (χ3n) is 3.09. The first-order chi connectivity index (χ1) is 9.27. The second kappa shape index (κ2) is 15.0. The first-order valence-corrected chi connectivity index (χ1v) is 7.79. The van der Waals surface area contributed by atoms with Gasteiger partial charge in [-0.25, -0.2) is 0 Å². The highest BCUT2D eigenvalue weighted by Gasteiger charge is 1.95. The van der Waals surface area contributed by atoms with E-state index in [9.17, 15) is 4.79 Å². The predicted molar refractivity (Wildman–Crippen MR) is 82.4 cm³/mol. The minimum absolute atomic E-state index is 0.318. The predicted octanol–water partition coefficient (Wildman–Crippen LogP) is 5.49. The maximum atomic E-state index is 10.3. The first kappa shape index (κ1) is 17.9. The van der Waals surface area contributed by atoms with Crippen molar-refractivity contribution in [3.05, 3.63) is 24.3 Å². The molecule has 0 aromatic heterocycles. The summed E-state index contributed by atoms with van der Waals surface area (Å²) in [5.41, 5.74) is 0. The largest absolute Gasteiger partial charge is 0.481 e. The molecule has 0 unspecified atom stereocenters. The molecule has 2 nitrogen and oxygen atoms in total. The normalized spacial score (nSPS) is 11.6. The molecule has 0 saturated carbocycles. The van der Waals surface area contributed by atoms with Gasteiger partial charge in [0.1, 0.15) is 0 Å². The fraction of sp³-hybridized carbons (Fsp3) is 0.706. The van der Waals surface area contributed by atoms with Gasteiger partial charge in [0.2, 0.25) is 0 Å². The molecule has 0 aliphatic carbocycles. The lowest BCUT2D eigenvalue weighted by atomic mass is 10.1. The molecule has 0 spiro atoms. The molecule has 0 aliphatic heterocycles. The zero-order valence-corrected chi connectivity index (χ0v) is 12.4. The fourth-order valence-corrected chi connectivity index (χ4v) is 1.91. The maximum Gasteiger partial charge on any atom is 0.303 e. The van der Waals surface area contributed by atoms with Crippen molar-refractivity contribution in [2.24, 2.45) is 0 Å². The molecule has 0 saturated heterocycles. The van der Waals surface area contributed by atoms with Gasteiger partial charge in [-0.1, -0.05) is 56.9 Å². The van der Waals surface area contributed by atoms with Crippen molar-refractivity contribution in [1.29, 1.82) is 0 Å². The van der Waals surface area contributed by atoms with Gasteiger partial charge in [0.05, 0.1) is 0 Å². The van der Waals surface area contributed by atoms with Gasteiger partial charge in [0.25, 0.3) is 0 Å². The molecule has 0 radical (unpaired) electrons.